The molecule has 0 aromatic heterocycles. The summed E-state index contributed by atoms with van der Waals surface area (Å²) < 4.78 is 15.9. The van der Waals surface area contributed by atoms with E-state index in [0.717, 1.165) is 12.0 Å². The minimum Gasteiger partial charge on any atom is -0.507 e. The number of hydrogen-bond acceptors (Lipinski definition) is 7. The standard InChI is InChI=1S/C26H29NO7/c1-5-13-33-21-11-8-19(15-16(21)2)24(29)22-23(27(12-14-32-4)26(31)25(22)30)18-6-9-20(10-7-18)34-17(3)28/h6-11,15,23,29H,5,12-14H2,1-4H3/b24-22-. The summed E-state index contributed by atoms with van der Waals surface area (Å²) in [6, 6.07) is 10.8. The highest BCUT2D eigenvalue weighted by atomic mass is 16.5. The molecule has 0 radical (unpaired) electrons. The minimum absolute atomic E-state index is 0.0111. The first-order chi connectivity index (χ1) is 16.3. The Kier molecular flexibility index (Phi) is 8.07. The van der Waals surface area contributed by atoms with Crippen LogP contribution in [-0.4, -0.2) is 54.5 Å². The van der Waals surface area contributed by atoms with Crippen molar-refractivity contribution in [2.75, 3.05) is 26.9 Å². The first-order valence-corrected chi connectivity index (χ1v) is 11.1. The summed E-state index contributed by atoms with van der Waals surface area (Å²) in [5.41, 5.74) is 1.79. The lowest BCUT2D eigenvalue weighted by Crippen LogP contribution is -2.32. The predicted molar refractivity (Wildman–Crippen MR) is 126 cm³/mol. The van der Waals surface area contributed by atoms with Crippen molar-refractivity contribution in [2.24, 2.45) is 0 Å². The van der Waals surface area contributed by atoms with E-state index < -0.39 is 23.7 Å². The summed E-state index contributed by atoms with van der Waals surface area (Å²) in [4.78, 5) is 38.5. The van der Waals surface area contributed by atoms with E-state index in [2.05, 4.69) is 0 Å². The molecule has 1 unspecified atom stereocenters. The number of benzene rings is 2. The smallest absolute Gasteiger partial charge is 0.308 e. The van der Waals surface area contributed by atoms with Crippen molar-refractivity contribution < 1.29 is 33.7 Å². The molecule has 1 saturated heterocycles. The fraction of sp³-hybridized carbons (Fsp3) is 0.346. The highest BCUT2D eigenvalue weighted by Gasteiger charge is 2.45. The average Bonchev–Trinajstić information content (AvgIpc) is 3.06. The number of aliphatic hydroxyl groups excluding tert-OH is 1. The molecule has 3 rings (SSSR count). The van der Waals surface area contributed by atoms with Crippen molar-refractivity contribution in [3.05, 3.63) is 64.7 Å². The van der Waals surface area contributed by atoms with Gasteiger partial charge in [-0.1, -0.05) is 19.1 Å². The van der Waals surface area contributed by atoms with Crippen LogP contribution >= 0.6 is 0 Å². The van der Waals surface area contributed by atoms with Crippen molar-refractivity contribution >= 4 is 23.4 Å². The van der Waals surface area contributed by atoms with Gasteiger partial charge in [-0.3, -0.25) is 14.4 Å². The third kappa shape index (κ3) is 5.28. The number of rotatable bonds is 9. The Morgan fingerprint density at radius 1 is 1.09 bits per heavy atom. The number of aliphatic hydroxyl groups is 1. The molecule has 34 heavy (non-hydrogen) atoms. The number of ketones is 1. The van der Waals surface area contributed by atoms with Crippen LogP contribution in [0.4, 0.5) is 0 Å². The zero-order valence-electron chi connectivity index (χ0n) is 19.8. The van der Waals surface area contributed by atoms with E-state index in [0.29, 0.717) is 29.2 Å². The molecular weight excluding hydrogens is 438 g/mol. The second-order valence-corrected chi connectivity index (χ2v) is 7.98. The van der Waals surface area contributed by atoms with Crippen LogP contribution in [-0.2, 0) is 19.1 Å². The van der Waals surface area contributed by atoms with Gasteiger partial charge >= 0.3 is 5.97 Å². The highest BCUT2D eigenvalue weighted by molar-refractivity contribution is 6.46. The zero-order valence-corrected chi connectivity index (χ0v) is 19.8. The number of Topliss-reactive ketones (excluding diaryl/α,β-unsaturated/α-hetero) is 1. The van der Waals surface area contributed by atoms with Crippen molar-refractivity contribution in [1.82, 2.24) is 4.90 Å². The molecule has 8 nitrogen and oxygen atoms in total. The number of ether oxygens (including phenoxy) is 3. The van der Waals surface area contributed by atoms with Gasteiger partial charge in [0.2, 0.25) is 0 Å². The summed E-state index contributed by atoms with van der Waals surface area (Å²) in [6.45, 7) is 6.12. The molecule has 1 atom stereocenters. The fourth-order valence-electron chi connectivity index (χ4n) is 3.86. The summed E-state index contributed by atoms with van der Waals surface area (Å²) in [6.07, 6.45) is 0.863. The van der Waals surface area contributed by atoms with Gasteiger partial charge in [-0.05, 0) is 54.8 Å². The summed E-state index contributed by atoms with van der Waals surface area (Å²) in [7, 11) is 1.50. The van der Waals surface area contributed by atoms with Crippen LogP contribution in [0.5, 0.6) is 11.5 Å². The maximum absolute atomic E-state index is 13.0. The maximum Gasteiger partial charge on any atom is 0.308 e. The second-order valence-electron chi connectivity index (χ2n) is 7.98. The van der Waals surface area contributed by atoms with Crippen molar-refractivity contribution in [1.29, 1.82) is 0 Å². The Hall–Kier alpha value is -3.65. The van der Waals surface area contributed by atoms with Gasteiger partial charge in [-0.2, -0.15) is 0 Å². The molecular formula is C26H29NO7. The van der Waals surface area contributed by atoms with Crippen LogP contribution in [0.15, 0.2) is 48.0 Å². The number of amides is 1. The van der Waals surface area contributed by atoms with Gasteiger partial charge in [-0.15, -0.1) is 0 Å². The van der Waals surface area contributed by atoms with Crippen molar-refractivity contribution in [3.63, 3.8) is 0 Å². The third-order valence-corrected chi connectivity index (χ3v) is 5.44. The Labute approximate surface area is 198 Å². The molecule has 1 aliphatic rings. The van der Waals surface area contributed by atoms with Crippen molar-refractivity contribution in [2.45, 2.75) is 33.2 Å². The quantitative estimate of drug-likeness (QED) is 0.197. The van der Waals surface area contributed by atoms with E-state index >= 15 is 0 Å². The van der Waals surface area contributed by atoms with Crippen LogP contribution in [0.3, 0.4) is 0 Å². The van der Waals surface area contributed by atoms with E-state index in [1.54, 1.807) is 42.5 Å². The topological polar surface area (TPSA) is 102 Å². The van der Waals surface area contributed by atoms with Crippen molar-refractivity contribution in [3.8, 4) is 11.5 Å². The molecule has 0 aliphatic carbocycles. The van der Waals surface area contributed by atoms with Gasteiger partial charge in [0, 0.05) is 26.1 Å². The average molecular weight is 468 g/mol. The molecule has 1 amide bonds. The van der Waals surface area contributed by atoms with Crippen LogP contribution < -0.4 is 9.47 Å². The molecule has 1 heterocycles. The Bertz CT molecular complexity index is 1100. The SMILES string of the molecule is CCCOc1ccc(/C(O)=C2/C(=O)C(=O)N(CCOC)C2c2ccc(OC(C)=O)cc2)cc1C. The second kappa shape index (κ2) is 11.0. The van der Waals surface area contributed by atoms with Crippen LogP contribution in [0.25, 0.3) is 5.76 Å². The Morgan fingerprint density at radius 3 is 2.38 bits per heavy atom. The largest absolute Gasteiger partial charge is 0.507 e. The van der Waals surface area contributed by atoms with Gasteiger partial charge < -0.3 is 24.2 Å². The molecule has 180 valence electrons. The van der Waals surface area contributed by atoms with E-state index in [9.17, 15) is 19.5 Å². The molecule has 0 saturated carbocycles. The Morgan fingerprint density at radius 2 is 1.79 bits per heavy atom. The molecule has 0 bridgehead atoms. The Balaban J connectivity index is 2.07. The summed E-state index contributed by atoms with van der Waals surface area (Å²) in [5, 5.41) is 11.2. The molecule has 1 aliphatic heterocycles. The molecule has 2 aromatic carbocycles. The van der Waals surface area contributed by atoms with E-state index in [1.807, 2.05) is 13.8 Å². The lowest BCUT2D eigenvalue weighted by atomic mass is 9.94. The summed E-state index contributed by atoms with van der Waals surface area (Å²) in [5.74, 6) is -1.18. The lowest BCUT2D eigenvalue weighted by molar-refractivity contribution is -0.140. The predicted octanol–water partition coefficient (Wildman–Crippen LogP) is 3.78. The highest BCUT2D eigenvalue weighted by Crippen LogP contribution is 2.40. The molecule has 2 aromatic rings. The molecule has 1 fully saturated rings. The number of aryl methyl sites for hydroxylation is 1. The van der Waals surface area contributed by atoms with E-state index in [1.165, 1.54) is 18.9 Å². The summed E-state index contributed by atoms with van der Waals surface area (Å²) >= 11 is 0. The monoisotopic (exact) mass is 467 g/mol. The third-order valence-electron chi connectivity index (χ3n) is 5.44. The first-order valence-electron chi connectivity index (χ1n) is 11.1. The van der Waals surface area contributed by atoms with Gasteiger partial charge in [0.05, 0.1) is 24.8 Å². The zero-order chi connectivity index (χ0) is 24.8. The number of likely N-dealkylation sites (tertiary alicyclic amines) is 1. The first kappa shape index (κ1) is 25.0. The molecule has 1 N–H and O–H groups in total. The number of carbonyl (C=O) groups is 3. The van der Waals surface area contributed by atoms with E-state index in [-0.39, 0.29) is 24.5 Å². The minimum atomic E-state index is -0.821. The number of nitrogens with zero attached hydrogens (tertiary/aromatic N) is 1. The van der Waals surface area contributed by atoms with E-state index in [4.69, 9.17) is 14.2 Å². The molecule has 0 spiro atoms. The normalized spacial score (nSPS) is 17.2. The van der Waals surface area contributed by atoms with Gasteiger partial charge in [0.25, 0.3) is 11.7 Å². The number of methoxy groups -OCH3 is 1. The fourth-order valence-corrected chi connectivity index (χ4v) is 3.86. The van der Waals surface area contributed by atoms with Gasteiger partial charge in [-0.25, -0.2) is 0 Å². The van der Waals surface area contributed by atoms with Crippen LogP contribution in [0.1, 0.15) is 43.0 Å². The molecule has 8 heteroatoms. The lowest BCUT2D eigenvalue weighted by Gasteiger charge is -2.25. The maximum atomic E-state index is 13.0. The van der Waals surface area contributed by atoms with Gasteiger partial charge in [0.15, 0.2) is 0 Å². The van der Waals surface area contributed by atoms with Gasteiger partial charge in [0.1, 0.15) is 17.3 Å². The van der Waals surface area contributed by atoms with Crippen LogP contribution in [0, 0.1) is 6.92 Å². The number of esters is 1. The number of hydrogen-bond donors (Lipinski definition) is 1. The number of carbonyl (C=O) groups excluding carboxylic acids is 3. The van der Waals surface area contributed by atoms with Crippen LogP contribution in [0.2, 0.25) is 0 Å².